The van der Waals surface area contributed by atoms with E-state index < -0.39 is 0 Å². The fraction of sp³-hybridized carbons (Fsp3) is 0.588. The van der Waals surface area contributed by atoms with Crippen LogP contribution in [0.3, 0.4) is 0 Å². The van der Waals surface area contributed by atoms with Gasteiger partial charge < -0.3 is 10.6 Å². The second kappa shape index (κ2) is 6.90. The van der Waals surface area contributed by atoms with Gasteiger partial charge in [-0.1, -0.05) is 25.3 Å². The fourth-order valence-corrected chi connectivity index (χ4v) is 3.15. The zero-order valence-electron chi connectivity index (χ0n) is 12.8. The van der Waals surface area contributed by atoms with Gasteiger partial charge in [0, 0.05) is 25.0 Å². The Balaban J connectivity index is 1.41. The third kappa shape index (κ3) is 3.84. The Bertz CT molecular complexity index is 526. The van der Waals surface area contributed by atoms with Crippen LogP contribution >= 0.6 is 0 Å². The van der Waals surface area contributed by atoms with Gasteiger partial charge in [0.2, 0.25) is 11.8 Å². The highest BCUT2D eigenvalue weighted by atomic mass is 16.2. The van der Waals surface area contributed by atoms with Gasteiger partial charge in [0.25, 0.3) is 0 Å². The molecule has 0 spiro atoms. The third-order valence-corrected chi connectivity index (χ3v) is 4.61. The number of pyridine rings is 1. The quantitative estimate of drug-likeness (QED) is 0.871. The number of hydrogen-bond donors (Lipinski definition) is 2. The lowest BCUT2D eigenvalue weighted by molar-refractivity contribution is -0.127. The first kappa shape index (κ1) is 15.0. The van der Waals surface area contributed by atoms with Crippen LogP contribution in [-0.2, 0) is 16.1 Å². The van der Waals surface area contributed by atoms with Crippen LogP contribution in [0.2, 0.25) is 0 Å². The van der Waals surface area contributed by atoms with Crippen LogP contribution in [0.15, 0.2) is 24.5 Å². The van der Waals surface area contributed by atoms with E-state index in [1.54, 1.807) is 12.4 Å². The highest BCUT2D eigenvalue weighted by Crippen LogP contribution is 2.39. The molecule has 1 aromatic heterocycles. The Morgan fingerprint density at radius 1 is 1.14 bits per heavy atom. The number of hydrogen-bond acceptors (Lipinski definition) is 3. The minimum Gasteiger partial charge on any atom is -0.353 e. The standard InChI is InChI=1S/C17H23N3O2/c21-16(19-11-12-5-4-8-18-10-12)14-9-15(14)17(22)20-13-6-2-1-3-7-13/h4-5,8,10,13-15H,1-3,6-7,9,11H2,(H,19,21)(H,20,22). The molecule has 2 unspecified atom stereocenters. The second-order valence-corrected chi connectivity index (χ2v) is 6.37. The van der Waals surface area contributed by atoms with Gasteiger partial charge in [-0.3, -0.25) is 14.6 Å². The molecule has 2 N–H and O–H groups in total. The van der Waals surface area contributed by atoms with Crippen molar-refractivity contribution >= 4 is 11.8 Å². The van der Waals surface area contributed by atoms with Crippen LogP contribution in [0.5, 0.6) is 0 Å². The van der Waals surface area contributed by atoms with Crippen LogP contribution in [-0.4, -0.2) is 22.8 Å². The Hall–Kier alpha value is -1.91. The molecule has 0 aliphatic heterocycles. The van der Waals surface area contributed by atoms with Crippen LogP contribution in [0.1, 0.15) is 44.1 Å². The SMILES string of the molecule is O=C(NCc1cccnc1)C1CC1C(=O)NC1CCCCC1. The summed E-state index contributed by atoms with van der Waals surface area (Å²) in [6, 6.07) is 4.09. The average molecular weight is 301 g/mol. The van der Waals surface area contributed by atoms with Gasteiger partial charge in [0.05, 0.1) is 11.8 Å². The molecule has 118 valence electrons. The molecule has 1 heterocycles. The summed E-state index contributed by atoms with van der Waals surface area (Å²) in [5.41, 5.74) is 0.972. The van der Waals surface area contributed by atoms with Crippen molar-refractivity contribution in [2.75, 3.05) is 0 Å². The number of carbonyl (C=O) groups excluding carboxylic acids is 2. The maximum Gasteiger partial charge on any atom is 0.224 e. The van der Waals surface area contributed by atoms with E-state index in [0.717, 1.165) is 18.4 Å². The molecular weight excluding hydrogens is 278 g/mol. The van der Waals surface area contributed by atoms with Gasteiger partial charge in [-0.25, -0.2) is 0 Å². The maximum atomic E-state index is 12.2. The zero-order chi connectivity index (χ0) is 15.4. The first-order valence-electron chi connectivity index (χ1n) is 8.21. The molecule has 2 amide bonds. The summed E-state index contributed by atoms with van der Waals surface area (Å²) in [7, 11) is 0. The summed E-state index contributed by atoms with van der Waals surface area (Å²) in [6.07, 6.45) is 9.95. The Morgan fingerprint density at radius 2 is 1.91 bits per heavy atom. The molecule has 0 radical (unpaired) electrons. The zero-order valence-corrected chi connectivity index (χ0v) is 12.8. The van der Waals surface area contributed by atoms with Gasteiger partial charge in [-0.15, -0.1) is 0 Å². The fourth-order valence-electron chi connectivity index (χ4n) is 3.15. The van der Waals surface area contributed by atoms with E-state index in [9.17, 15) is 9.59 Å². The lowest BCUT2D eigenvalue weighted by Gasteiger charge is -2.22. The molecule has 3 rings (SSSR count). The molecule has 2 fully saturated rings. The molecule has 0 saturated heterocycles. The van der Waals surface area contributed by atoms with Crippen LogP contribution in [0.25, 0.3) is 0 Å². The van der Waals surface area contributed by atoms with Gasteiger partial charge >= 0.3 is 0 Å². The molecule has 0 bridgehead atoms. The van der Waals surface area contributed by atoms with Crippen molar-refractivity contribution < 1.29 is 9.59 Å². The smallest absolute Gasteiger partial charge is 0.224 e. The molecule has 2 aliphatic carbocycles. The monoisotopic (exact) mass is 301 g/mol. The summed E-state index contributed by atoms with van der Waals surface area (Å²) >= 11 is 0. The minimum atomic E-state index is -0.153. The highest BCUT2D eigenvalue weighted by Gasteiger charge is 2.48. The van der Waals surface area contributed by atoms with Crippen molar-refractivity contribution in [3.8, 4) is 0 Å². The van der Waals surface area contributed by atoms with Gasteiger partial charge in [0.15, 0.2) is 0 Å². The Kier molecular flexibility index (Phi) is 4.71. The predicted octanol–water partition coefficient (Wildman–Crippen LogP) is 1.78. The van der Waals surface area contributed by atoms with Crippen molar-refractivity contribution in [3.63, 3.8) is 0 Å². The summed E-state index contributed by atoms with van der Waals surface area (Å²) in [5, 5.41) is 6.00. The number of aromatic nitrogens is 1. The lowest BCUT2D eigenvalue weighted by atomic mass is 9.95. The van der Waals surface area contributed by atoms with Crippen molar-refractivity contribution in [3.05, 3.63) is 30.1 Å². The molecule has 2 saturated carbocycles. The topological polar surface area (TPSA) is 71.1 Å². The van der Waals surface area contributed by atoms with Gasteiger partial charge in [-0.05, 0) is 30.9 Å². The van der Waals surface area contributed by atoms with Crippen molar-refractivity contribution in [2.24, 2.45) is 11.8 Å². The van der Waals surface area contributed by atoms with E-state index in [-0.39, 0.29) is 23.7 Å². The number of amides is 2. The molecule has 2 aliphatic rings. The number of carbonyl (C=O) groups is 2. The van der Waals surface area contributed by atoms with Gasteiger partial charge in [-0.2, -0.15) is 0 Å². The van der Waals surface area contributed by atoms with Crippen LogP contribution in [0.4, 0.5) is 0 Å². The number of nitrogens with zero attached hydrogens (tertiary/aromatic N) is 1. The first-order valence-corrected chi connectivity index (χ1v) is 8.21. The molecular formula is C17H23N3O2. The lowest BCUT2D eigenvalue weighted by Crippen LogP contribution is -2.38. The summed E-state index contributed by atoms with van der Waals surface area (Å²) in [5.74, 6) is -0.239. The average Bonchev–Trinajstić information content (AvgIpc) is 3.35. The minimum absolute atomic E-state index is 0.0207. The maximum absolute atomic E-state index is 12.2. The molecule has 2 atom stereocenters. The van der Waals surface area contributed by atoms with E-state index in [2.05, 4.69) is 15.6 Å². The normalized spacial score (nSPS) is 24.5. The Morgan fingerprint density at radius 3 is 2.64 bits per heavy atom. The molecule has 1 aromatic rings. The molecule has 22 heavy (non-hydrogen) atoms. The van der Waals surface area contributed by atoms with Gasteiger partial charge in [0.1, 0.15) is 0 Å². The highest BCUT2D eigenvalue weighted by molar-refractivity contribution is 5.92. The third-order valence-electron chi connectivity index (χ3n) is 4.61. The molecule has 0 aromatic carbocycles. The second-order valence-electron chi connectivity index (χ2n) is 6.37. The largest absolute Gasteiger partial charge is 0.353 e. The summed E-state index contributed by atoms with van der Waals surface area (Å²) in [4.78, 5) is 28.3. The molecule has 5 heteroatoms. The van der Waals surface area contributed by atoms with E-state index in [1.165, 1.54) is 19.3 Å². The summed E-state index contributed by atoms with van der Waals surface area (Å²) < 4.78 is 0. The number of rotatable bonds is 5. The Labute approximate surface area is 130 Å². The first-order chi connectivity index (χ1) is 10.7. The summed E-state index contributed by atoms with van der Waals surface area (Å²) in [6.45, 7) is 0.472. The molecule has 5 nitrogen and oxygen atoms in total. The predicted molar refractivity (Wildman–Crippen MR) is 82.7 cm³/mol. The van der Waals surface area contributed by atoms with Crippen LogP contribution in [0, 0.1) is 11.8 Å². The van der Waals surface area contributed by atoms with E-state index >= 15 is 0 Å². The number of nitrogens with one attached hydrogen (secondary N) is 2. The van der Waals surface area contributed by atoms with Crippen molar-refractivity contribution in [2.45, 2.75) is 51.1 Å². The van der Waals surface area contributed by atoms with Crippen molar-refractivity contribution in [1.82, 2.24) is 15.6 Å². The van der Waals surface area contributed by atoms with Crippen LogP contribution < -0.4 is 10.6 Å². The van der Waals surface area contributed by atoms with E-state index in [0.29, 0.717) is 19.0 Å². The van der Waals surface area contributed by atoms with E-state index in [4.69, 9.17) is 0 Å². The van der Waals surface area contributed by atoms with Crippen molar-refractivity contribution in [1.29, 1.82) is 0 Å². The van der Waals surface area contributed by atoms with E-state index in [1.807, 2.05) is 12.1 Å².